The second-order valence-electron chi connectivity index (χ2n) is 7.57. The first-order chi connectivity index (χ1) is 13.9. The standard InChI is InChI=1S/C22H26ClN3O3/c1-25(19-5-3-2-4-6-19)11-8-18-15-26(12-9-16(18)14-21(27)28)22(29)17-7-10-24-20(23)13-17/h2-7,10,13,16,18H,8-9,11-12,14-15H2,1H3,(H,27,28)/t16-,18+/m0/s1. The fourth-order valence-corrected chi connectivity index (χ4v) is 4.15. The number of rotatable bonds is 7. The highest BCUT2D eigenvalue weighted by Gasteiger charge is 2.33. The molecule has 0 radical (unpaired) electrons. The molecule has 0 unspecified atom stereocenters. The lowest BCUT2D eigenvalue weighted by Crippen LogP contribution is -2.45. The number of halogens is 1. The SMILES string of the molecule is CN(CC[C@@H]1CN(C(=O)c2ccnc(Cl)c2)CC[C@H]1CC(=O)O)c1ccccc1. The molecule has 2 atom stereocenters. The Balaban J connectivity index is 1.68. The van der Waals surface area contributed by atoms with E-state index in [4.69, 9.17) is 11.6 Å². The zero-order chi connectivity index (χ0) is 20.8. The molecule has 154 valence electrons. The number of hydrogen-bond donors (Lipinski definition) is 1. The summed E-state index contributed by atoms with van der Waals surface area (Å²) in [6, 6.07) is 13.3. The number of carbonyl (C=O) groups excluding carboxylic acids is 1. The van der Waals surface area contributed by atoms with Gasteiger partial charge in [0.05, 0.1) is 0 Å². The van der Waals surface area contributed by atoms with E-state index in [1.165, 1.54) is 6.20 Å². The Hall–Kier alpha value is -2.60. The third-order valence-corrected chi connectivity index (χ3v) is 5.83. The normalized spacial score (nSPS) is 19.0. The quantitative estimate of drug-likeness (QED) is 0.696. The summed E-state index contributed by atoms with van der Waals surface area (Å²) in [6.45, 7) is 1.91. The Morgan fingerprint density at radius 2 is 2.00 bits per heavy atom. The zero-order valence-electron chi connectivity index (χ0n) is 16.5. The number of carbonyl (C=O) groups is 2. The van der Waals surface area contributed by atoms with E-state index in [-0.39, 0.29) is 29.3 Å². The molecule has 0 bridgehead atoms. The molecule has 0 spiro atoms. The van der Waals surface area contributed by atoms with Crippen molar-refractivity contribution in [2.24, 2.45) is 11.8 Å². The van der Waals surface area contributed by atoms with E-state index in [1.54, 1.807) is 12.1 Å². The van der Waals surface area contributed by atoms with Crippen molar-refractivity contribution in [2.45, 2.75) is 19.3 Å². The molecule has 1 aromatic carbocycles. The Kier molecular flexibility index (Phi) is 7.09. The molecule has 1 N–H and O–H groups in total. The number of nitrogens with zero attached hydrogens (tertiary/aromatic N) is 3. The molecule has 7 heteroatoms. The highest BCUT2D eigenvalue weighted by Crippen LogP contribution is 2.30. The van der Waals surface area contributed by atoms with Gasteiger partial charge in [0, 0.05) is 50.6 Å². The summed E-state index contributed by atoms with van der Waals surface area (Å²) in [4.78, 5) is 32.1. The first-order valence-electron chi connectivity index (χ1n) is 9.83. The average molecular weight is 416 g/mol. The number of hydrogen-bond acceptors (Lipinski definition) is 4. The molecule has 1 amide bonds. The Morgan fingerprint density at radius 3 is 2.69 bits per heavy atom. The van der Waals surface area contributed by atoms with Gasteiger partial charge in [-0.15, -0.1) is 0 Å². The third kappa shape index (κ3) is 5.70. The van der Waals surface area contributed by atoms with Crippen molar-refractivity contribution in [3.63, 3.8) is 0 Å². The minimum atomic E-state index is -0.780. The van der Waals surface area contributed by atoms with Crippen LogP contribution < -0.4 is 4.90 Å². The topological polar surface area (TPSA) is 73.7 Å². The van der Waals surface area contributed by atoms with E-state index >= 15 is 0 Å². The summed E-state index contributed by atoms with van der Waals surface area (Å²) in [6.07, 6.45) is 3.18. The van der Waals surface area contributed by atoms with Crippen LogP contribution in [0.2, 0.25) is 5.15 Å². The summed E-state index contributed by atoms with van der Waals surface area (Å²) < 4.78 is 0. The van der Waals surface area contributed by atoms with E-state index in [1.807, 2.05) is 30.1 Å². The number of amides is 1. The van der Waals surface area contributed by atoms with Crippen LogP contribution in [0.1, 0.15) is 29.6 Å². The van der Waals surface area contributed by atoms with Crippen LogP contribution in [0.25, 0.3) is 0 Å². The second kappa shape index (κ2) is 9.74. The number of carboxylic acid groups (broad SMARTS) is 1. The van der Waals surface area contributed by atoms with Gasteiger partial charge in [-0.25, -0.2) is 4.98 Å². The van der Waals surface area contributed by atoms with Gasteiger partial charge in [-0.3, -0.25) is 9.59 Å². The van der Waals surface area contributed by atoms with Gasteiger partial charge in [-0.05, 0) is 48.9 Å². The molecule has 1 aromatic heterocycles. The lowest BCUT2D eigenvalue weighted by Gasteiger charge is -2.39. The monoisotopic (exact) mass is 415 g/mol. The van der Waals surface area contributed by atoms with Crippen LogP contribution in [-0.4, -0.2) is 53.5 Å². The third-order valence-electron chi connectivity index (χ3n) is 5.62. The van der Waals surface area contributed by atoms with E-state index in [9.17, 15) is 14.7 Å². The molecule has 29 heavy (non-hydrogen) atoms. The molecule has 1 saturated heterocycles. The van der Waals surface area contributed by atoms with Gasteiger partial charge >= 0.3 is 5.97 Å². The van der Waals surface area contributed by atoms with E-state index in [0.29, 0.717) is 25.1 Å². The van der Waals surface area contributed by atoms with Gasteiger partial charge in [0.25, 0.3) is 5.91 Å². The second-order valence-corrected chi connectivity index (χ2v) is 7.96. The number of benzene rings is 1. The van der Waals surface area contributed by atoms with Crippen molar-refractivity contribution in [1.29, 1.82) is 0 Å². The molecule has 1 aliphatic rings. The smallest absolute Gasteiger partial charge is 0.303 e. The zero-order valence-corrected chi connectivity index (χ0v) is 17.3. The fraction of sp³-hybridized carbons (Fsp3) is 0.409. The van der Waals surface area contributed by atoms with Crippen molar-refractivity contribution in [1.82, 2.24) is 9.88 Å². The Morgan fingerprint density at radius 1 is 1.24 bits per heavy atom. The van der Waals surface area contributed by atoms with Gasteiger partial charge in [-0.2, -0.15) is 0 Å². The number of para-hydroxylation sites is 1. The largest absolute Gasteiger partial charge is 0.481 e. The van der Waals surface area contributed by atoms with Gasteiger partial charge in [0.2, 0.25) is 0 Å². The number of aliphatic carboxylic acids is 1. The molecular formula is C22H26ClN3O3. The summed E-state index contributed by atoms with van der Waals surface area (Å²) >= 11 is 5.93. The maximum Gasteiger partial charge on any atom is 0.303 e. The van der Waals surface area contributed by atoms with Gasteiger partial charge in [-0.1, -0.05) is 29.8 Å². The van der Waals surface area contributed by atoms with Crippen molar-refractivity contribution < 1.29 is 14.7 Å². The molecule has 2 aromatic rings. The van der Waals surface area contributed by atoms with Crippen LogP contribution in [0.5, 0.6) is 0 Å². The number of likely N-dealkylation sites (tertiary alicyclic amines) is 1. The van der Waals surface area contributed by atoms with E-state index in [2.05, 4.69) is 22.0 Å². The maximum absolute atomic E-state index is 12.9. The summed E-state index contributed by atoms with van der Waals surface area (Å²) in [5, 5.41) is 9.60. The maximum atomic E-state index is 12.9. The number of piperidine rings is 1. The summed E-state index contributed by atoms with van der Waals surface area (Å²) in [7, 11) is 2.03. The molecule has 0 aliphatic carbocycles. The van der Waals surface area contributed by atoms with E-state index < -0.39 is 5.97 Å². The van der Waals surface area contributed by atoms with Crippen molar-refractivity contribution >= 4 is 29.2 Å². The van der Waals surface area contributed by atoms with Crippen molar-refractivity contribution in [3.8, 4) is 0 Å². The minimum absolute atomic E-state index is 0.0711. The minimum Gasteiger partial charge on any atom is -0.481 e. The van der Waals surface area contributed by atoms with Crippen LogP contribution in [0, 0.1) is 11.8 Å². The summed E-state index contributed by atoms with van der Waals surface area (Å²) in [5.41, 5.74) is 1.64. The Labute approximate surface area is 176 Å². The van der Waals surface area contributed by atoms with Crippen molar-refractivity contribution in [2.75, 3.05) is 31.6 Å². The van der Waals surface area contributed by atoms with Gasteiger partial charge < -0.3 is 14.9 Å². The highest BCUT2D eigenvalue weighted by molar-refractivity contribution is 6.29. The first-order valence-corrected chi connectivity index (χ1v) is 10.2. The number of carboxylic acids is 1. The molecule has 6 nitrogen and oxygen atoms in total. The number of anilines is 1. The molecule has 1 fully saturated rings. The highest BCUT2D eigenvalue weighted by atomic mass is 35.5. The summed E-state index contributed by atoms with van der Waals surface area (Å²) in [5.74, 6) is -0.657. The average Bonchev–Trinajstić information content (AvgIpc) is 2.72. The Bertz CT molecular complexity index is 846. The van der Waals surface area contributed by atoms with Crippen LogP contribution in [0.4, 0.5) is 5.69 Å². The number of aromatic nitrogens is 1. The van der Waals surface area contributed by atoms with Gasteiger partial charge in [0.15, 0.2) is 0 Å². The fourth-order valence-electron chi connectivity index (χ4n) is 3.97. The first kappa shape index (κ1) is 21.1. The van der Waals surface area contributed by atoms with Crippen LogP contribution >= 0.6 is 11.6 Å². The lowest BCUT2D eigenvalue weighted by atomic mass is 9.81. The van der Waals surface area contributed by atoms with Crippen molar-refractivity contribution in [3.05, 3.63) is 59.4 Å². The van der Waals surface area contributed by atoms with Crippen LogP contribution in [0.15, 0.2) is 48.7 Å². The van der Waals surface area contributed by atoms with E-state index in [0.717, 1.165) is 18.7 Å². The van der Waals surface area contributed by atoms with Gasteiger partial charge in [0.1, 0.15) is 5.15 Å². The predicted molar refractivity (Wildman–Crippen MR) is 113 cm³/mol. The molecule has 1 aliphatic heterocycles. The van der Waals surface area contributed by atoms with Crippen LogP contribution in [-0.2, 0) is 4.79 Å². The molecular weight excluding hydrogens is 390 g/mol. The predicted octanol–water partition coefficient (Wildman–Crippen LogP) is 3.81. The molecule has 0 saturated carbocycles. The molecule has 3 rings (SSSR count). The van der Waals surface area contributed by atoms with Crippen LogP contribution in [0.3, 0.4) is 0 Å². The lowest BCUT2D eigenvalue weighted by molar-refractivity contribution is -0.139. The number of pyridine rings is 1. The molecule has 2 heterocycles.